The number of hydrogen-bond donors (Lipinski definition) is 2. The van der Waals surface area contributed by atoms with Crippen molar-refractivity contribution in [3.8, 4) is 11.6 Å². The summed E-state index contributed by atoms with van der Waals surface area (Å²) in [5.74, 6) is -0.517. The number of nitrogens with one attached hydrogen (secondary N) is 2. The molecule has 2 aromatic heterocycles. The van der Waals surface area contributed by atoms with Crippen molar-refractivity contribution in [1.82, 2.24) is 24.8 Å². The second-order valence-electron chi connectivity index (χ2n) is 10.4. The largest absolute Gasteiger partial charge is 0.435 e. The lowest BCUT2D eigenvalue weighted by Gasteiger charge is -2.33. The zero-order valence-corrected chi connectivity index (χ0v) is 22.8. The van der Waals surface area contributed by atoms with E-state index in [0.29, 0.717) is 29.7 Å². The highest BCUT2D eigenvalue weighted by atomic mass is 19.1. The number of H-pyrrole nitrogens is 1. The van der Waals surface area contributed by atoms with Crippen LogP contribution in [-0.4, -0.2) is 77.0 Å². The number of piperazine rings is 1. The minimum absolute atomic E-state index is 0.00313. The summed E-state index contributed by atoms with van der Waals surface area (Å²) in [5, 5.41) is 3.63. The first kappa shape index (κ1) is 25.9. The Balaban J connectivity index is 1.32. The lowest BCUT2D eigenvalue weighted by Crippen LogP contribution is -2.44. The standard InChI is InChI=1S/C30H32FN7O2/c1-20-18-23-24(34-20)10-11-25(27(23)31)40-29-26(30(39)38-12-4-3-5-13-38)28(32-19-33-29)35-21-6-8-22(9-7-21)37-16-14-36(2)15-17-37/h6,8,10-11,18-19,34H,3-5,12-17H2,1-2H3,(H,32,33,35). The first-order valence-corrected chi connectivity index (χ1v) is 13.7. The van der Waals surface area contributed by atoms with Crippen LogP contribution >= 0.6 is 0 Å². The number of rotatable bonds is 6. The first-order valence-electron chi connectivity index (χ1n) is 13.7. The van der Waals surface area contributed by atoms with Crippen molar-refractivity contribution >= 4 is 34.0 Å². The number of amides is 1. The van der Waals surface area contributed by atoms with Gasteiger partial charge in [-0.2, -0.15) is 0 Å². The van der Waals surface area contributed by atoms with Crippen LogP contribution in [0.25, 0.3) is 10.9 Å². The number of nitrogens with zero attached hydrogens (tertiary/aromatic N) is 5. The number of aryl methyl sites for hydroxylation is 1. The van der Waals surface area contributed by atoms with E-state index in [-0.39, 0.29) is 28.9 Å². The Morgan fingerprint density at radius 2 is 1.82 bits per heavy atom. The van der Waals surface area contributed by atoms with Crippen molar-refractivity contribution in [1.29, 1.82) is 0 Å². The number of aromatic nitrogens is 3. The summed E-state index contributed by atoms with van der Waals surface area (Å²) in [6.45, 7) is 6.99. The molecule has 2 aromatic carbocycles. The van der Waals surface area contributed by atoms with Gasteiger partial charge in [0.05, 0.1) is 11.4 Å². The number of anilines is 3. The highest BCUT2D eigenvalue weighted by molar-refractivity contribution is 6.01. The third-order valence-electron chi connectivity index (χ3n) is 7.54. The van der Waals surface area contributed by atoms with Gasteiger partial charge in [-0.25, -0.2) is 14.4 Å². The molecule has 4 aromatic rings. The van der Waals surface area contributed by atoms with Gasteiger partial charge in [-0.3, -0.25) is 4.79 Å². The van der Waals surface area contributed by atoms with Crippen LogP contribution < -0.4 is 15.0 Å². The summed E-state index contributed by atoms with van der Waals surface area (Å²) in [5.41, 5.74) is 3.24. The summed E-state index contributed by atoms with van der Waals surface area (Å²) >= 11 is 0. The molecule has 2 fully saturated rings. The number of carbonyl (C=O) groups excluding carboxylic acids is 1. The zero-order chi connectivity index (χ0) is 27.6. The number of halogens is 1. The molecule has 0 unspecified atom stereocenters. The number of aromatic amines is 1. The minimum Gasteiger partial charge on any atom is -0.435 e. The van der Waals surface area contributed by atoms with Crippen LogP contribution in [0, 0.1) is 24.9 Å². The lowest BCUT2D eigenvalue weighted by atomic mass is 10.1. The van der Waals surface area contributed by atoms with E-state index in [1.54, 1.807) is 17.0 Å². The fraction of sp³-hybridized carbons (Fsp3) is 0.367. The maximum absolute atomic E-state index is 15.4. The van der Waals surface area contributed by atoms with Gasteiger partial charge in [0.25, 0.3) is 5.91 Å². The van der Waals surface area contributed by atoms with Crippen molar-refractivity contribution in [2.45, 2.75) is 26.2 Å². The van der Waals surface area contributed by atoms with E-state index in [1.807, 2.05) is 19.1 Å². The van der Waals surface area contributed by atoms with Crippen LogP contribution in [0.5, 0.6) is 11.6 Å². The van der Waals surface area contributed by atoms with Crippen LogP contribution in [-0.2, 0) is 0 Å². The molecule has 40 heavy (non-hydrogen) atoms. The third kappa shape index (κ3) is 5.25. The topological polar surface area (TPSA) is 89.6 Å². The molecule has 0 aliphatic carbocycles. The van der Waals surface area contributed by atoms with Crippen molar-refractivity contribution in [3.05, 3.63) is 65.9 Å². The summed E-state index contributed by atoms with van der Waals surface area (Å²) < 4.78 is 21.4. The van der Waals surface area contributed by atoms with E-state index in [2.05, 4.69) is 49.2 Å². The molecule has 0 radical (unpaired) electrons. The molecule has 4 heterocycles. The molecule has 9 nitrogen and oxygen atoms in total. The molecule has 0 atom stereocenters. The highest BCUT2D eigenvalue weighted by Crippen LogP contribution is 2.34. The molecule has 10 heteroatoms. The molecule has 6 rings (SSSR count). The number of fused-ring (bicyclic) bond motifs is 1. The third-order valence-corrected chi connectivity index (χ3v) is 7.54. The van der Waals surface area contributed by atoms with Gasteiger partial charge in [-0.05, 0) is 75.7 Å². The Morgan fingerprint density at radius 3 is 2.58 bits per heavy atom. The van der Waals surface area contributed by atoms with Crippen molar-refractivity contribution in [2.75, 3.05) is 56.5 Å². The van der Waals surface area contributed by atoms with E-state index in [0.717, 1.165) is 56.8 Å². The predicted molar refractivity (Wildman–Crippen MR) is 152 cm³/mol. The number of likely N-dealkylation sites (tertiary alicyclic amines) is 1. The lowest BCUT2D eigenvalue weighted by molar-refractivity contribution is 0.0721. The Labute approximate surface area is 233 Å². The average Bonchev–Trinajstić information content (AvgIpc) is 3.37. The van der Waals surface area contributed by atoms with Crippen LogP contribution in [0.4, 0.5) is 21.6 Å². The van der Waals surface area contributed by atoms with Gasteiger partial charge >= 0.3 is 0 Å². The minimum atomic E-state index is -0.520. The highest BCUT2D eigenvalue weighted by Gasteiger charge is 2.28. The van der Waals surface area contributed by atoms with Gasteiger partial charge in [0.2, 0.25) is 5.88 Å². The normalized spacial score (nSPS) is 16.2. The molecule has 0 bridgehead atoms. The van der Waals surface area contributed by atoms with Crippen molar-refractivity contribution < 1.29 is 13.9 Å². The monoisotopic (exact) mass is 541 g/mol. The SMILES string of the molecule is Cc1cc2c(F)c(Oc3ncnc(Nc4c#cc(N5CCN(C)CC5)cc4)c3C(=O)N3CCCCC3)ccc2[nH]1. The van der Waals surface area contributed by atoms with E-state index >= 15 is 4.39 Å². The molecule has 0 spiro atoms. The fourth-order valence-corrected chi connectivity index (χ4v) is 5.27. The first-order chi connectivity index (χ1) is 19.5. The van der Waals surface area contributed by atoms with Crippen LogP contribution in [0.1, 0.15) is 35.3 Å². The molecule has 1 amide bonds. The molecule has 0 saturated carbocycles. The summed E-state index contributed by atoms with van der Waals surface area (Å²) in [4.78, 5) is 32.0. The predicted octanol–water partition coefficient (Wildman–Crippen LogP) is 4.92. The number of ether oxygens (including phenoxy) is 1. The Morgan fingerprint density at radius 1 is 1.02 bits per heavy atom. The second kappa shape index (κ2) is 11.0. The summed E-state index contributed by atoms with van der Waals surface area (Å²) in [6, 6.07) is 15.3. The number of hydrogen-bond acceptors (Lipinski definition) is 7. The molecule has 2 saturated heterocycles. The number of piperidine rings is 1. The molecule has 206 valence electrons. The van der Waals surface area contributed by atoms with E-state index < -0.39 is 5.82 Å². The molecular formula is C30H32FN7O2. The van der Waals surface area contributed by atoms with Gasteiger partial charge < -0.3 is 29.7 Å². The van der Waals surface area contributed by atoms with Gasteiger partial charge in [-0.15, -0.1) is 0 Å². The number of carbonyl (C=O) groups is 1. The van der Waals surface area contributed by atoms with E-state index in [4.69, 9.17) is 4.74 Å². The van der Waals surface area contributed by atoms with Gasteiger partial charge in [-0.1, -0.05) is 0 Å². The molecular weight excluding hydrogens is 509 g/mol. The summed E-state index contributed by atoms with van der Waals surface area (Å²) in [6.07, 6.45) is 4.24. The number of benzene rings is 1. The van der Waals surface area contributed by atoms with Crippen LogP contribution in [0.3, 0.4) is 0 Å². The number of likely N-dealkylation sites (N-methyl/N-ethyl adjacent to an activating group) is 1. The van der Waals surface area contributed by atoms with Crippen LogP contribution in [0.2, 0.25) is 0 Å². The van der Waals surface area contributed by atoms with Gasteiger partial charge in [0, 0.05) is 55.9 Å². The fourth-order valence-electron chi connectivity index (χ4n) is 5.27. The van der Waals surface area contributed by atoms with E-state index in [9.17, 15) is 4.79 Å². The summed E-state index contributed by atoms with van der Waals surface area (Å²) in [7, 11) is 2.12. The Hall–Kier alpha value is -4.36. The maximum Gasteiger partial charge on any atom is 0.263 e. The Kier molecular flexibility index (Phi) is 7.13. The van der Waals surface area contributed by atoms with Crippen molar-refractivity contribution in [3.63, 3.8) is 0 Å². The quantitative estimate of drug-likeness (QED) is 0.358. The Bertz CT molecular complexity index is 1510. The van der Waals surface area contributed by atoms with Gasteiger partial charge in [0.1, 0.15) is 11.9 Å². The van der Waals surface area contributed by atoms with Crippen LogP contribution in [0.15, 0.2) is 36.7 Å². The molecule has 2 aliphatic rings. The molecule has 2 aliphatic heterocycles. The smallest absolute Gasteiger partial charge is 0.263 e. The second-order valence-corrected chi connectivity index (χ2v) is 10.4. The van der Waals surface area contributed by atoms with Crippen molar-refractivity contribution in [2.24, 2.45) is 0 Å². The zero-order valence-electron chi connectivity index (χ0n) is 22.8. The van der Waals surface area contributed by atoms with Gasteiger partial charge in [0.15, 0.2) is 17.4 Å². The maximum atomic E-state index is 15.4. The van der Waals surface area contributed by atoms with E-state index in [1.165, 1.54) is 12.4 Å². The molecule has 2 N–H and O–H groups in total. The average molecular weight is 542 g/mol.